The van der Waals surface area contributed by atoms with E-state index in [1.807, 2.05) is 24.2 Å². The second-order valence-electron chi connectivity index (χ2n) is 7.63. The number of nitrogens with zero attached hydrogens (tertiary/aromatic N) is 5. The quantitative estimate of drug-likeness (QED) is 0.802. The van der Waals surface area contributed by atoms with Crippen LogP contribution in [0.15, 0.2) is 17.4 Å². The first kappa shape index (κ1) is 17.4. The van der Waals surface area contributed by atoms with E-state index in [-0.39, 0.29) is 11.8 Å². The minimum atomic E-state index is -0.580. The molecule has 1 saturated carbocycles. The number of aliphatic imine (C=N–C) groups is 1. The number of amidine groups is 1. The molecule has 1 spiro atoms. The molecule has 26 heavy (non-hydrogen) atoms. The second-order valence-corrected chi connectivity index (χ2v) is 7.63. The minimum Gasteiger partial charge on any atom is -0.383 e. The molecule has 7 heteroatoms. The van der Waals surface area contributed by atoms with Crippen LogP contribution in [0.5, 0.6) is 0 Å². The largest absolute Gasteiger partial charge is 0.383 e. The standard InChI is InChI=1S/C19H27N5O2/c1-4-16-22-19(17(25)24(16)7-8-26-3)6-5-14-11-23(12-15(14)19)18-20-9-13(2)10-21-18/h9-10,14-15H,4-8,11-12H2,1-3H3/t14-,15-,19-/m1/s1. The Balaban J connectivity index is 1.58. The molecular formula is C19H27N5O2. The number of amides is 1. The van der Waals surface area contributed by atoms with Crippen LogP contribution in [0.2, 0.25) is 0 Å². The summed E-state index contributed by atoms with van der Waals surface area (Å²) in [7, 11) is 1.67. The van der Waals surface area contributed by atoms with Crippen molar-refractivity contribution >= 4 is 17.7 Å². The maximum Gasteiger partial charge on any atom is 0.256 e. The Kier molecular flexibility index (Phi) is 4.42. The van der Waals surface area contributed by atoms with Crippen LogP contribution in [-0.4, -0.2) is 65.5 Å². The molecule has 0 aromatic carbocycles. The average Bonchev–Trinajstić information content (AvgIpc) is 3.29. The molecule has 1 amide bonds. The number of anilines is 1. The fraction of sp³-hybridized carbons (Fsp3) is 0.684. The van der Waals surface area contributed by atoms with Gasteiger partial charge in [0.05, 0.1) is 13.2 Å². The summed E-state index contributed by atoms with van der Waals surface area (Å²) in [5, 5.41) is 0. The maximum atomic E-state index is 13.3. The molecule has 140 valence electrons. The first-order chi connectivity index (χ1) is 12.6. The molecule has 7 nitrogen and oxygen atoms in total. The number of fused-ring (bicyclic) bond motifs is 2. The molecule has 0 bridgehead atoms. The van der Waals surface area contributed by atoms with E-state index in [4.69, 9.17) is 9.73 Å². The molecule has 2 aliphatic heterocycles. The smallest absolute Gasteiger partial charge is 0.256 e. The monoisotopic (exact) mass is 357 g/mol. The zero-order valence-corrected chi connectivity index (χ0v) is 15.8. The highest BCUT2D eigenvalue weighted by Crippen LogP contribution is 2.50. The zero-order chi connectivity index (χ0) is 18.3. The summed E-state index contributed by atoms with van der Waals surface area (Å²) in [4.78, 5) is 31.4. The third kappa shape index (κ3) is 2.60. The summed E-state index contributed by atoms with van der Waals surface area (Å²) < 4.78 is 5.19. The molecule has 4 rings (SSSR count). The van der Waals surface area contributed by atoms with Crippen LogP contribution >= 0.6 is 0 Å². The van der Waals surface area contributed by atoms with Gasteiger partial charge in [0, 0.05) is 44.9 Å². The summed E-state index contributed by atoms with van der Waals surface area (Å²) in [6, 6.07) is 0. The SMILES string of the molecule is CCC1=N[C@@]2(CC[C@@H]3CN(c4ncc(C)cn4)C[C@H]32)C(=O)N1CCOC. The number of hydrogen-bond acceptors (Lipinski definition) is 6. The van der Waals surface area contributed by atoms with Crippen molar-refractivity contribution in [1.82, 2.24) is 14.9 Å². The topological polar surface area (TPSA) is 70.9 Å². The summed E-state index contributed by atoms with van der Waals surface area (Å²) in [5.74, 6) is 2.58. The lowest BCUT2D eigenvalue weighted by molar-refractivity contribution is -0.132. The number of hydrogen-bond donors (Lipinski definition) is 0. The van der Waals surface area contributed by atoms with E-state index in [0.29, 0.717) is 19.1 Å². The van der Waals surface area contributed by atoms with Gasteiger partial charge < -0.3 is 9.64 Å². The Bertz CT molecular complexity index is 719. The van der Waals surface area contributed by atoms with Crippen LogP contribution in [0, 0.1) is 18.8 Å². The van der Waals surface area contributed by atoms with Crippen LogP contribution in [0.4, 0.5) is 5.95 Å². The van der Waals surface area contributed by atoms with Gasteiger partial charge in [-0.05, 0) is 31.2 Å². The average molecular weight is 357 g/mol. The molecule has 1 aliphatic carbocycles. The van der Waals surface area contributed by atoms with Crippen molar-refractivity contribution in [3.05, 3.63) is 18.0 Å². The van der Waals surface area contributed by atoms with Crippen molar-refractivity contribution in [1.29, 1.82) is 0 Å². The van der Waals surface area contributed by atoms with Gasteiger partial charge in [-0.1, -0.05) is 6.92 Å². The first-order valence-corrected chi connectivity index (χ1v) is 9.52. The van der Waals surface area contributed by atoms with Gasteiger partial charge >= 0.3 is 0 Å². The third-order valence-corrected chi connectivity index (χ3v) is 6.09. The minimum absolute atomic E-state index is 0.172. The van der Waals surface area contributed by atoms with Crippen molar-refractivity contribution in [3.63, 3.8) is 0 Å². The van der Waals surface area contributed by atoms with Crippen LogP contribution in [-0.2, 0) is 9.53 Å². The van der Waals surface area contributed by atoms with E-state index in [2.05, 4.69) is 21.8 Å². The molecule has 2 fully saturated rings. The zero-order valence-electron chi connectivity index (χ0n) is 15.8. The Hall–Kier alpha value is -2.02. The molecule has 1 saturated heterocycles. The van der Waals surface area contributed by atoms with E-state index >= 15 is 0 Å². The Labute approximate surface area is 154 Å². The number of methoxy groups -OCH3 is 1. The second kappa shape index (κ2) is 6.61. The summed E-state index contributed by atoms with van der Waals surface area (Å²) >= 11 is 0. The van der Waals surface area contributed by atoms with E-state index in [0.717, 1.165) is 49.7 Å². The van der Waals surface area contributed by atoms with E-state index in [1.165, 1.54) is 0 Å². The number of aryl methyl sites for hydroxylation is 1. The molecule has 3 atom stereocenters. The highest BCUT2D eigenvalue weighted by atomic mass is 16.5. The van der Waals surface area contributed by atoms with Crippen molar-refractivity contribution in [2.75, 3.05) is 38.3 Å². The van der Waals surface area contributed by atoms with E-state index in [1.54, 1.807) is 7.11 Å². The van der Waals surface area contributed by atoms with Crippen molar-refractivity contribution in [2.24, 2.45) is 16.8 Å². The number of rotatable bonds is 5. The van der Waals surface area contributed by atoms with Gasteiger partial charge in [-0.2, -0.15) is 0 Å². The van der Waals surface area contributed by atoms with E-state index in [9.17, 15) is 4.79 Å². The maximum absolute atomic E-state index is 13.3. The molecular weight excluding hydrogens is 330 g/mol. The first-order valence-electron chi connectivity index (χ1n) is 9.52. The summed E-state index contributed by atoms with van der Waals surface area (Å²) in [6.07, 6.45) is 6.38. The predicted molar refractivity (Wildman–Crippen MR) is 99.2 cm³/mol. The summed E-state index contributed by atoms with van der Waals surface area (Å²) in [5.41, 5.74) is 0.477. The van der Waals surface area contributed by atoms with Gasteiger partial charge in [0.25, 0.3) is 5.91 Å². The Morgan fingerprint density at radius 3 is 2.77 bits per heavy atom. The Morgan fingerprint density at radius 2 is 2.08 bits per heavy atom. The van der Waals surface area contributed by atoms with Crippen LogP contribution in [0.1, 0.15) is 31.7 Å². The predicted octanol–water partition coefficient (Wildman–Crippen LogP) is 1.67. The molecule has 0 radical (unpaired) electrons. The third-order valence-electron chi connectivity index (χ3n) is 6.09. The number of carbonyl (C=O) groups is 1. The van der Waals surface area contributed by atoms with Crippen LogP contribution < -0.4 is 4.90 Å². The lowest BCUT2D eigenvalue weighted by Crippen LogP contribution is -2.47. The molecule has 3 aliphatic rings. The van der Waals surface area contributed by atoms with Gasteiger partial charge in [0.15, 0.2) is 0 Å². The lowest BCUT2D eigenvalue weighted by Gasteiger charge is -2.28. The van der Waals surface area contributed by atoms with Crippen LogP contribution in [0.25, 0.3) is 0 Å². The normalized spacial score (nSPS) is 30.4. The highest BCUT2D eigenvalue weighted by Gasteiger charge is 2.61. The molecule has 3 heterocycles. The Morgan fingerprint density at radius 1 is 1.31 bits per heavy atom. The summed E-state index contributed by atoms with van der Waals surface area (Å²) in [6.45, 7) is 6.91. The molecule has 1 aromatic heterocycles. The van der Waals surface area contributed by atoms with Gasteiger partial charge in [0.2, 0.25) is 5.95 Å². The van der Waals surface area contributed by atoms with Gasteiger partial charge in [-0.15, -0.1) is 0 Å². The fourth-order valence-corrected chi connectivity index (χ4v) is 4.78. The highest BCUT2D eigenvalue weighted by molar-refractivity contribution is 6.08. The van der Waals surface area contributed by atoms with Crippen molar-refractivity contribution in [3.8, 4) is 0 Å². The van der Waals surface area contributed by atoms with Crippen molar-refractivity contribution < 1.29 is 9.53 Å². The molecule has 1 aromatic rings. The van der Waals surface area contributed by atoms with Gasteiger partial charge in [-0.3, -0.25) is 14.7 Å². The van der Waals surface area contributed by atoms with Crippen molar-refractivity contribution in [2.45, 2.75) is 38.6 Å². The number of ether oxygens (including phenoxy) is 1. The number of aromatic nitrogens is 2. The molecule has 0 N–H and O–H groups in total. The fourth-order valence-electron chi connectivity index (χ4n) is 4.78. The number of carbonyl (C=O) groups excluding carboxylic acids is 1. The lowest BCUT2D eigenvalue weighted by atomic mass is 9.85. The van der Waals surface area contributed by atoms with Gasteiger partial charge in [0.1, 0.15) is 11.4 Å². The van der Waals surface area contributed by atoms with Gasteiger partial charge in [-0.25, -0.2) is 9.97 Å². The van der Waals surface area contributed by atoms with E-state index < -0.39 is 5.54 Å². The van der Waals surface area contributed by atoms with Crippen LogP contribution in [0.3, 0.4) is 0 Å². The molecule has 0 unspecified atom stereocenters.